The number of ether oxygens (including phenoxy) is 1. The number of esters is 1. The summed E-state index contributed by atoms with van der Waals surface area (Å²) in [7, 11) is 7.04. The fourth-order valence-corrected chi connectivity index (χ4v) is 4.40. The smallest absolute Gasteiger partial charge is 0.337 e. The van der Waals surface area contributed by atoms with E-state index in [2.05, 4.69) is 15.5 Å². The Balaban J connectivity index is 1.60. The van der Waals surface area contributed by atoms with Crippen molar-refractivity contribution in [3.05, 3.63) is 89.5 Å². The molecule has 0 saturated carbocycles. The van der Waals surface area contributed by atoms with Crippen LogP contribution < -0.4 is 15.5 Å². The normalized spacial score (nSPS) is 14.5. The van der Waals surface area contributed by atoms with Crippen molar-refractivity contribution >= 4 is 40.7 Å². The number of fused-ring (bicyclic) bond motifs is 1. The van der Waals surface area contributed by atoms with Crippen LogP contribution in [0, 0.1) is 0 Å². The van der Waals surface area contributed by atoms with Gasteiger partial charge in [-0.1, -0.05) is 36.4 Å². The van der Waals surface area contributed by atoms with Crippen LogP contribution in [0.4, 0.5) is 21.9 Å². The minimum Gasteiger partial charge on any atom is -0.465 e. The van der Waals surface area contributed by atoms with Crippen molar-refractivity contribution in [2.75, 3.05) is 51.6 Å². The molecule has 0 fully saturated rings. The van der Waals surface area contributed by atoms with Crippen LogP contribution in [0.15, 0.2) is 77.8 Å². The van der Waals surface area contributed by atoms with Crippen LogP contribution in [0.1, 0.15) is 33.8 Å². The van der Waals surface area contributed by atoms with Crippen molar-refractivity contribution in [3.8, 4) is 0 Å². The number of hydrogen-bond acceptors (Lipinski definition) is 6. The highest BCUT2D eigenvalue weighted by molar-refractivity contribution is 6.24. The molecule has 202 valence electrons. The summed E-state index contributed by atoms with van der Waals surface area (Å²) < 4.78 is 4.81. The van der Waals surface area contributed by atoms with Gasteiger partial charge in [0.2, 0.25) is 5.91 Å². The molecule has 39 heavy (non-hydrogen) atoms. The lowest BCUT2D eigenvalue weighted by Crippen LogP contribution is -2.38. The quantitative estimate of drug-likeness (QED) is 0.244. The molecule has 3 aromatic rings. The molecule has 1 aliphatic heterocycles. The van der Waals surface area contributed by atoms with E-state index < -0.39 is 11.9 Å². The zero-order chi connectivity index (χ0) is 27.9. The summed E-state index contributed by atoms with van der Waals surface area (Å²) in [6, 6.07) is 21.7. The Labute approximate surface area is 228 Å². The van der Waals surface area contributed by atoms with E-state index in [9.17, 15) is 14.4 Å². The van der Waals surface area contributed by atoms with Crippen LogP contribution in [0.2, 0.25) is 0 Å². The molecule has 4 rings (SSSR count). The molecule has 0 bridgehead atoms. The van der Waals surface area contributed by atoms with Crippen molar-refractivity contribution in [1.29, 1.82) is 0 Å². The highest BCUT2D eigenvalue weighted by Crippen LogP contribution is 2.37. The van der Waals surface area contributed by atoms with Crippen molar-refractivity contribution in [3.63, 3.8) is 0 Å². The maximum Gasteiger partial charge on any atom is 0.337 e. The summed E-state index contributed by atoms with van der Waals surface area (Å²) in [5.74, 6) is -1.36. The van der Waals surface area contributed by atoms with Crippen LogP contribution in [0.25, 0.3) is 0 Å². The Morgan fingerprint density at radius 2 is 1.69 bits per heavy atom. The van der Waals surface area contributed by atoms with Gasteiger partial charge in [-0.15, -0.1) is 0 Å². The first-order valence-electron chi connectivity index (χ1n) is 12.7. The van der Waals surface area contributed by atoms with E-state index in [1.54, 1.807) is 30.1 Å². The molecular weight excluding hydrogens is 494 g/mol. The highest BCUT2D eigenvalue weighted by Gasteiger charge is 2.36. The number of anilines is 2. The van der Waals surface area contributed by atoms with Gasteiger partial charge in [0.25, 0.3) is 0 Å². The zero-order valence-corrected chi connectivity index (χ0v) is 22.6. The number of nitrogens with one attached hydrogen (secondary N) is 2. The van der Waals surface area contributed by atoms with E-state index in [0.29, 0.717) is 29.2 Å². The summed E-state index contributed by atoms with van der Waals surface area (Å²) in [6.45, 7) is 1.49. The number of benzene rings is 3. The van der Waals surface area contributed by atoms with Gasteiger partial charge in [0.1, 0.15) is 5.92 Å². The predicted octanol–water partition coefficient (Wildman–Crippen LogP) is 4.43. The minimum absolute atomic E-state index is 0.180. The number of methoxy groups -OCH3 is 1. The number of carbonyl (C=O) groups is 3. The Kier molecular flexibility index (Phi) is 8.73. The van der Waals surface area contributed by atoms with E-state index in [0.717, 1.165) is 29.8 Å². The second-order valence-electron chi connectivity index (χ2n) is 9.54. The maximum atomic E-state index is 13.2. The van der Waals surface area contributed by atoms with Gasteiger partial charge in [-0.3, -0.25) is 14.7 Å². The predicted molar refractivity (Wildman–Crippen MR) is 153 cm³/mol. The number of urea groups is 1. The van der Waals surface area contributed by atoms with Crippen molar-refractivity contribution in [2.24, 2.45) is 4.99 Å². The number of carbonyl (C=O) groups excluding carboxylic acids is 3. The Hall–Kier alpha value is -4.50. The van der Waals surface area contributed by atoms with E-state index in [4.69, 9.17) is 9.73 Å². The monoisotopic (exact) mass is 527 g/mol. The van der Waals surface area contributed by atoms with Crippen LogP contribution in [-0.4, -0.2) is 69.9 Å². The fraction of sp³-hybridized carbons (Fsp3) is 0.267. The topological polar surface area (TPSA) is 103 Å². The molecule has 0 radical (unpaired) electrons. The van der Waals surface area contributed by atoms with Crippen LogP contribution >= 0.6 is 0 Å². The standard InChI is InChI=1S/C30H33N5O4/c1-34(2)18-8-17-31-30(38)35(3)23-14-12-22(13-15-23)32-27(20-9-6-5-7-10-20)26-24-16-11-21(29(37)39-4)19-25(24)33-28(26)36/h5-7,9-16,19,26H,8,17-18H2,1-4H3,(H,31,38)(H,33,36). The zero-order valence-electron chi connectivity index (χ0n) is 22.6. The molecule has 1 aliphatic rings. The molecule has 0 aromatic heterocycles. The lowest BCUT2D eigenvalue weighted by Gasteiger charge is -2.19. The van der Waals surface area contributed by atoms with Gasteiger partial charge in [0.15, 0.2) is 0 Å². The van der Waals surface area contributed by atoms with Gasteiger partial charge in [-0.05, 0) is 74.6 Å². The second-order valence-corrected chi connectivity index (χ2v) is 9.54. The molecule has 3 aromatic carbocycles. The Morgan fingerprint density at radius 3 is 2.36 bits per heavy atom. The van der Waals surface area contributed by atoms with E-state index in [-0.39, 0.29) is 11.9 Å². The third-order valence-corrected chi connectivity index (χ3v) is 6.50. The summed E-state index contributed by atoms with van der Waals surface area (Å²) in [5.41, 5.74) is 4.40. The molecule has 1 unspecified atom stereocenters. The van der Waals surface area contributed by atoms with Crippen molar-refractivity contribution < 1.29 is 19.1 Å². The third-order valence-electron chi connectivity index (χ3n) is 6.50. The van der Waals surface area contributed by atoms with E-state index >= 15 is 0 Å². The molecular formula is C30H33N5O4. The van der Waals surface area contributed by atoms with Crippen LogP contribution in [0.3, 0.4) is 0 Å². The summed E-state index contributed by atoms with van der Waals surface area (Å²) in [6.07, 6.45) is 0.865. The number of nitrogens with zero attached hydrogens (tertiary/aromatic N) is 3. The SMILES string of the molecule is COC(=O)c1ccc2c(c1)NC(=O)C2C(=Nc1ccc(N(C)C(=O)NCCCN(C)C)cc1)c1ccccc1. The number of amides is 3. The molecule has 0 spiro atoms. The maximum absolute atomic E-state index is 13.2. The van der Waals surface area contributed by atoms with Gasteiger partial charge >= 0.3 is 12.0 Å². The Bertz CT molecular complexity index is 1370. The number of aliphatic imine (C=N–C) groups is 1. The van der Waals surface area contributed by atoms with Gasteiger partial charge in [0.05, 0.1) is 24.1 Å². The molecule has 9 heteroatoms. The largest absolute Gasteiger partial charge is 0.465 e. The molecule has 2 N–H and O–H groups in total. The fourth-order valence-electron chi connectivity index (χ4n) is 4.40. The average molecular weight is 528 g/mol. The van der Waals surface area contributed by atoms with E-state index in [1.807, 2.05) is 68.7 Å². The first kappa shape index (κ1) is 27.5. The number of hydrogen-bond donors (Lipinski definition) is 2. The van der Waals surface area contributed by atoms with E-state index in [1.165, 1.54) is 7.11 Å². The van der Waals surface area contributed by atoms with Crippen molar-refractivity contribution in [1.82, 2.24) is 10.2 Å². The van der Waals surface area contributed by atoms with Gasteiger partial charge in [-0.25, -0.2) is 9.59 Å². The second kappa shape index (κ2) is 12.4. The first-order valence-corrected chi connectivity index (χ1v) is 12.7. The highest BCUT2D eigenvalue weighted by atomic mass is 16.5. The van der Waals surface area contributed by atoms with Gasteiger partial charge in [0, 0.05) is 25.0 Å². The minimum atomic E-state index is -0.663. The Morgan fingerprint density at radius 1 is 0.974 bits per heavy atom. The summed E-state index contributed by atoms with van der Waals surface area (Å²) in [4.78, 5) is 46.3. The summed E-state index contributed by atoms with van der Waals surface area (Å²) >= 11 is 0. The average Bonchev–Trinajstić information content (AvgIpc) is 3.28. The third kappa shape index (κ3) is 6.50. The number of rotatable bonds is 9. The lowest BCUT2D eigenvalue weighted by molar-refractivity contribution is -0.115. The van der Waals surface area contributed by atoms with Crippen LogP contribution in [0.5, 0.6) is 0 Å². The van der Waals surface area contributed by atoms with Crippen molar-refractivity contribution in [2.45, 2.75) is 12.3 Å². The lowest BCUT2D eigenvalue weighted by atomic mass is 9.90. The molecule has 0 saturated heterocycles. The molecule has 9 nitrogen and oxygen atoms in total. The molecule has 1 atom stereocenters. The molecule has 3 amide bonds. The summed E-state index contributed by atoms with van der Waals surface area (Å²) in [5, 5.41) is 5.82. The molecule has 0 aliphatic carbocycles. The van der Waals surface area contributed by atoms with Crippen LogP contribution in [-0.2, 0) is 9.53 Å². The molecule has 1 heterocycles. The van der Waals surface area contributed by atoms with Gasteiger partial charge < -0.3 is 20.3 Å². The van der Waals surface area contributed by atoms with Gasteiger partial charge in [-0.2, -0.15) is 0 Å². The first-order chi connectivity index (χ1) is 18.8.